The Hall–Kier alpha value is -1.66. The van der Waals surface area contributed by atoms with Gasteiger partial charge in [0.25, 0.3) is 0 Å². The van der Waals surface area contributed by atoms with E-state index in [1.54, 1.807) is 0 Å². The molecule has 2 atom stereocenters. The summed E-state index contributed by atoms with van der Waals surface area (Å²) < 4.78 is 5.85. The number of hydrogen-bond donors (Lipinski definition) is 1. The van der Waals surface area contributed by atoms with Crippen LogP contribution in [0.4, 0.5) is 4.79 Å². The van der Waals surface area contributed by atoms with Crippen molar-refractivity contribution in [2.75, 3.05) is 32.8 Å². The molecule has 0 bridgehead atoms. The molecule has 0 aromatic carbocycles. The molecule has 2 amide bonds. The largest absolute Gasteiger partial charge is 0.378 e. The van der Waals surface area contributed by atoms with E-state index >= 15 is 0 Å². The summed E-state index contributed by atoms with van der Waals surface area (Å²) in [5, 5.41) is 3.24. The smallest absolute Gasteiger partial charge is 0.317 e. The van der Waals surface area contributed by atoms with E-state index in [0.29, 0.717) is 6.10 Å². The van der Waals surface area contributed by atoms with Crippen LogP contribution in [0, 0.1) is 5.92 Å². The summed E-state index contributed by atoms with van der Waals surface area (Å²) in [6, 6.07) is 6.39. The molecule has 2 saturated heterocycles. The third-order valence-corrected chi connectivity index (χ3v) is 5.56. The van der Waals surface area contributed by atoms with Gasteiger partial charge >= 0.3 is 6.03 Å². The molecule has 4 rings (SSSR count). The number of nitrogens with zero attached hydrogens (tertiary/aromatic N) is 3. The number of nitrogens with one attached hydrogen (secondary N) is 1. The van der Waals surface area contributed by atoms with Gasteiger partial charge in [-0.3, -0.25) is 9.88 Å². The van der Waals surface area contributed by atoms with Crippen LogP contribution in [-0.4, -0.2) is 65.7 Å². The molecular formula is C19H28N4O2. The van der Waals surface area contributed by atoms with Gasteiger partial charge < -0.3 is 15.0 Å². The van der Waals surface area contributed by atoms with E-state index in [0.717, 1.165) is 63.8 Å². The van der Waals surface area contributed by atoms with E-state index in [9.17, 15) is 4.79 Å². The Labute approximate surface area is 149 Å². The molecule has 3 heterocycles. The number of aromatic nitrogens is 1. The van der Waals surface area contributed by atoms with Crippen LogP contribution in [0.3, 0.4) is 0 Å². The van der Waals surface area contributed by atoms with Gasteiger partial charge in [-0.15, -0.1) is 0 Å². The van der Waals surface area contributed by atoms with Crippen molar-refractivity contribution in [1.29, 1.82) is 0 Å². The molecular weight excluding hydrogens is 316 g/mol. The Balaban J connectivity index is 1.21. The highest BCUT2D eigenvalue weighted by molar-refractivity contribution is 5.74. The highest BCUT2D eigenvalue weighted by Crippen LogP contribution is 2.38. The topological polar surface area (TPSA) is 57.7 Å². The van der Waals surface area contributed by atoms with E-state index in [2.05, 4.69) is 21.3 Å². The van der Waals surface area contributed by atoms with Crippen molar-refractivity contribution < 1.29 is 9.53 Å². The summed E-state index contributed by atoms with van der Waals surface area (Å²) in [6.07, 6.45) is 6.72. The van der Waals surface area contributed by atoms with E-state index in [4.69, 9.17) is 4.74 Å². The molecule has 1 aliphatic carbocycles. The van der Waals surface area contributed by atoms with Gasteiger partial charge in [-0.2, -0.15) is 0 Å². The molecule has 6 nitrogen and oxygen atoms in total. The third kappa shape index (κ3) is 4.50. The summed E-state index contributed by atoms with van der Waals surface area (Å²) in [4.78, 5) is 21.3. The number of carbonyl (C=O) groups excluding carboxylic acids is 1. The van der Waals surface area contributed by atoms with E-state index in [1.807, 2.05) is 23.2 Å². The van der Waals surface area contributed by atoms with Gasteiger partial charge in [0.1, 0.15) is 0 Å². The van der Waals surface area contributed by atoms with E-state index in [-0.39, 0.29) is 12.1 Å². The summed E-state index contributed by atoms with van der Waals surface area (Å²) in [6.45, 7) is 5.02. The minimum absolute atomic E-state index is 0.0962. The molecule has 3 aliphatic rings. The van der Waals surface area contributed by atoms with Crippen molar-refractivity contribution in [2.24, 2.45) is 5.92 Å². The Morgan fingerprint density at radius 1 is 1.20 bits per heavy atom. The van der Waals surface area contributed by atoms with Crippen LogP contribution in [0.15, 0.2) is 24.4 Å². The molecule has 25 heavy (non-hydrogen) atoms. The SMILES string of the molecule is O=C(N[C@H]1CCO[C@H](C2CC2)C1)N1CCN(Cc2ccccn2)CC1. The van der Waals surface area contributed by atoms with Gasteiger partial charge in [0, 0.05) is 51.6 Å². The van der Waals surface area contributed by atoms with Crippen LogP contribution < -0.4 is 5.32 Å². The van der Waals surface area contributed by atoms with E-state index in [1.165, 1.54) is 12.8 Å². The van der Waals surface area contributed by atoms with Crippen molar-refractivity contribution in [3.05, 3.63) is 30.1 Å². The molecule has 0 radical (unpaired) electrons. The lowest BCUT2D eigenvalue weighted by Gasteiger charge is -2.36. The fraction of sp³-hybridized carbons (Fsp3) is 0.684. The predicted molar refractivity (Wildman–Crippen MR) is 95.1 cm³/mol. The van der Waals surface area contributed by atoms with Gasteiger partial charge in [0.15, 0.2) is 0 Å². The standard InChI is InChI=1S/C19H28N4O2/c24-19(21-16-6-12-25-18(13-16)15-4-5-15)23-10-8-22(9-11-23)14-17-3-1-2-7-20-17/h1-3,7,15-16,18H,4-6,8-14H2,(H,21,24)/t16-,18-/m0/s1. The first-order valence-corrected chi connectivity index (χ1v) is 9.57. The van der Waals surface area contributed by atoms with E-state index < -0.39 is 0 Å². The lowest BCUT2D eigenvalue weighted by molar-refractivity contribution is -0.0101. The van der Waals surface area contributed by atoms with Gasteiger partial charge in [0.2, 0.25) is 0 Å². The lowest BCUT2D eigenvalue weighted by atomic mass is 10.0. The Morgan fingerprint density at radius 2 is 2.04 bits per heavy atom. The molecule has 1 N–H and O–H groups in total. The molecule has 1 saturated carbocycles. The molecule has 136 valence electrons. The lowest BCUT2D eigenvalue weighted by Crippen LogP contribution is -2.54. The van der Waals surface area contributed by atoms with Crippen LogP contribution in [0.25, 0.3) is 0 Å². The Kier molecular flexibility index (Phi) is 5.17. The van der Waals surface area contributed by atoms with Gasteiger partial charge in [-0.25, -0.2) is 4.79 Å². The molecule has 1 aromatic heterocycles. The van der Waals surface area contributed by atoms with Crippen molar-refractivity contribution >= 4 is 6.03 Å². The number of amides is 2. The number of piperazine rings is 1. The van der Waals surface area contributed by atoms with Crippen molar-refractivity contribution in [2.45, 2.75) is 44.4 Å². The minimum atomic E-state index is 0.0962. The first kappa shape index (κ1) is 16.8. The zero-order chi connectivity index (χ0) is 17.1. The van der Waals surface area contributed by atoms with Crippen molar-refractivity contribution in [3.63, 3.8) is 0 Å². The monoisotopic (exact) mass is 344 g/mol. The number of ether oxygens (including phenoxy) is 1. The highest BCUT2D eigenvalue weighted by Gasteiger charge is 2.36. The van der Waals surface area contributed by atoms with Crippen LogP contribution in [0.2, 0.25) is 0 Å². The number of hydrogen-bond acceptors (Lipinski definition) is 4. The number of carbonyl (C=O) groups is 1. The van der Waals surface area contributed by atoms with Crippen LogP contribution in [0.5, 0.6) is 0 Å². The molecule has 3 fully saturated rings. The maximum atomic E-state index is 12.6. The van der Waals surface area contributed by atoms with Crippen molar-refractivity contribution in [3.8, 4) is 0 Å². The fourth-order valence-corrected chi connectivity index (χ4v) is 3.85. The predicted octanol–water partition coefficient (Wildman–Crippen LogP) is 1.87. The summed E-state index contributed by atoms with van der Waals surface area (Å²) in [7, 11) is 0. The third-order valence-electron chi connectivity index (χ3n) is 5.56. The fourth-order valence-electron chi connectivity index (χ4n) is 3.85. The quantitative estimate of drug-likeness (QED) is 0.906. The van der Waals surface area contributed by atoms with Crippen LogP contribution in [0.1, 0.15) is 31.4 Å². The number of pyridine rings is 1. The molecule has 6 heteroatoms. The zero-order valence-electron chi connectivity index (χ0n) is 14.8. The average Bonchev–Trinajstić information content (AvgIpc) is 3.49. The molecule has 0 spiro atoms. The van der Waals surface area contributed by atoms with Crippen LogP contribution in [-0.2, 0) is 11.3 Å². The summed E-state index contributed by atoms with van der Waals surface area (Å²) >= 11 is 0. The Bertz CT molecular complexity index is 570. The van der Waals surface area contributed by atoms with Gasteiger partial charge in [0.05, 0.1) is 11.8 Å². The second-order valence-corrected chi connectivity index (χ2v) is 7.50. The van der Waals surface area contributed by atoms with Crippen molar-refractivity contribution in [1.82, 2.24) is 20.1 Å². The zero-order valence-corrected chi connectivity index (χ0v) is 14.8. The molecule has 2 aliphatic heterocycles. The van der Waals surface area contributed by atoms with Crippen LogP contribution >= 0.6 is 0 Å². The maximum Gasteiger partial charge on any atom is 0.317 e. The number of rotatable bonds is 4. The maximum absolute atomic E-state index is 12.6. The van der Waals surface area contributed by atoms with Gasteiger partial charge in [-0.1, -0.05) is 6.07 Å². The highest BCUT2D eigenvalue weighted by atomic mass is 16.5. The number of urea groups is 1. The Morgan fingerprint density at radius 3 is 2.76 bits per heavy atom. The first-order chi connectivity index (χ1) is 12.3. The average molecular weight is 344 g/mol. The minimum Gasteiger partial charge on any atom is -0.378 e. The molecule has 1 aromatic rings. The summed E-state index contributed by atoms with van der Waals surface area (Å²) in [5.74, 6) is 0.745. The second kappa shape index (κ2) is 7.70. The first-order valence-electron chi connectivity index (χ1n) is 9.57. The normalized spacial score (nSPS) is 27.9. The van der Waals surface area contributed by atoms with Gasteiger partial charge in [-0.05, 0) is 43.7 Å². The summed E-state index contributed by atoms with van der Waals surface area (Å²) in [5.41, 5.74) is 1.09. The molecule has 0 unspecified atom stereocenters. The second-order valence-electron chi connectivity index (χ2n) is 7.50.